The van der Waals surface area contributed by atoms with E-state index in [-0.39, 0.29) is 23.9 Å². The fraction of sp³-hybridized carbons (Fsp3) is 0.278. The molecule has 0 saturated carbocycles. The number of amides is 2. The highest BCUT2D eigenvalue weighted by Crippen LogP contribution is 2.41. The summed E-state index contributed by atoms with van der Waals surface area (Å²) in [6.07, 6.45) is 8.07. The van der Waals surface area contributed by atoms with E-state index >= 15 is 0 Å². The number of rotatable bonds is 11. The Kier molecular flexibility index (Phi) is 8.91. The number of hydrogen-bond acceptors (Lipinski definition) is 7. The van der Waals surface area contributed by atoms with Gasteiger partial charge in [0, 0.05) is 31.1 Å². The molecule has 2 aliphatic heterocycles. The summed E-state index contributed by atoms with van der Waals surface area (Å²) in [4.78, 5) is 45.3. The third-order valence-electron chi connectivity index (χ3n) is 8.44. The maximum Gasteiger partial charge on any atom is 0.261 e. The van der Waals surface area contributed by atoms with Crippen molar-refractivity contribution in [1.82, 2.24) is 25.2 Å². The first-order valence-electron chi connectivity index (χ1n) is 15.2. The topological polar surface area (TPSA) is 87.7 Å². The van der Waals surface area contributed by atoms with Crippen molar-refractivity contribution in [1.29, 1.82) is 0 Å². The van der Waals surface area contributed by atoms with E-state index in [2.05, 4.69) is 42.4 Å². The van der Waals surface area contributed by atoms with Gasteiger partial charge in [0.15, 0.2) is 0 Å². The van der Waals surface area contributed by atoms with E-state index in [1.54, 1.807) is 24.3 Å². The van der Waals surface area contributed by atoms with Crippen LogP contribution in [0, 0.1) is 13.8 Å². The van der Waals surface area contributed by atoms with E-state index in [4.69, 9.17) is 14.8 Å². The molecule has 0 saturated heterocycles. The van der Waals surface area contributed by atoms with Gasteiger partial charge in [-0.1, -0.05) is 54.6 Å². The van der Waals surface area contributed by atoms with Crippen molar-refractivity contribution in [2.45, 2.75) is 51.8 Å². The number of pyridine rings is 2. The van der Waals surface area contributed by atoms with Crippen LogP contribution in [0.2, 0.25) is 0 Å². The van der Waals surface area contributed by atoms with Crippen molar-refractivity contribution < 1.29 is 14.4 Å². The van der Waals surface area contributed by atoms with Gasteiger partial charge < -0.3 is 0 Å². The molecule has 8 heteroatoms. The number of imide groups is 1. The smallest absolute Gasteiger partial charge is 0.261 e. The van der Waals surface area contributed by atoms with Crippen LogP contribution >= 0.6 is 0 Å². The minimum atomic E-state index is -0.207. The molecule has 4 aromatic rings. The number of unbranched alkanes of at least 4 members (excludes halogenated alkanes) is 1. The minimum absolute atomic E-state index is 0.0327. The zero-order valence-electron chi connectivity index (χ0n) is 25.1. The van der Waals surface area contributed by atoms with Gasteiger partial charge in [-0.15, -0.1) is 0 Å². The first kappa shape index (κ1) is 29.4. The number of aromatic nitrogens is 2. The van der Waals surface area contributed by atoms with Crippen LogP contribution < -0.4 is 5.48 Å². The molecule has 0 spiro atoms. The number of fused-ring (bicyclic) bond motifs is 1. The first-order chi connectivity index (χ1) is 21.5. The molecule has 224 valence electrons. The summed E-state index contributed by atoms with van der Waals surface area (Å²) >= 11 is 0. The van der Waals surface area contributed by atoms with E-state index in [0.717, 1.165) is 46.7 Å². The van der Waals surface area contributed by atoms with Gasteiger partial charge in [-0.05, 0) is 80.3 Å². The molecule has 2 atom stereocenters. The lowest BCUT2D eigenvalue weighted by molar-refractivity contribution is 0.0351. The number of carbonyl (C=O) groups excluding carboxylic acids is 2. The summed E-state index contributed by atoms with van der Waals surface area (Å²) in [6.45, 7) is 5.75. The third-order valence-corrected chi connectivity index (χ3v) is 8.44. The molecule has 44 heavy (non-hydrogen) atoms. The molecule has 2 aromatic carbocycles. The third kappa shape index (κ3) is 6.18. The van der Waals surface area contributed by atoms with Crippen LogP contribution in [0.4, 0.5) is 0 Å². The molecule has 0 unspecified atom stereocenters. The number of hydroxylamine groups is 1. The highest BCUT2D eigenvalue weighted by molar-refractivity contribution is 6.21. The fourth-order valence-electron chi connectivity index (χ4n) is 6.18. The molecule has 0 aliphatic carbocycles. The molecule has 4 heterocycles. The number of nitrogens with zero attached hydrogens (tertiary/aromatic N) is 4. The zero-order chi connectivity index (χ0) is 30.5. The fourth-order valence-corrected chi connectivity index (χ4v) is 6.18. The Morgan fingerprint density at radius 3 is 2.05 bits per heavy atom. The summed E-state index contributed by atoms with van der Waals surface area (Å²) in [5, 5.41) is 0. The predicted molar refractivity (Wildman–Crippen MR) is 168 cm³/mol. The van der Waals surface area contributed by atoms with Crippen LogP contribution in [0.25, 0.3) is 0 Å². The van der Waals surface area contributed by atoms with Crippen molar-refractivity contribution in [3.63, 3.8) is 0 Å². The van der Waals surface area contributed by atoms with Gasteiger partial charge >= 0.3 is 0 Å². The minimum Gasteiger partial charge on any atom is -0.282 e. The number of hydrogen-bond donors (Lipinski definition) is 1. The Hall–Kier alpha value is -4.66. The molecule has 2 aliphatic rings. The zero-order valence-corrected chi connectivity index (χ0v) is 25.1. The molecule has 6 rings (SSSR count). The molecular formula is C36H37N5O3. The number of carbonyl (C=O) groups is 2. The highest BCUT2D eigenvalue weighted by Gasteiger charge is 2.37. The number of benzene rings is 2. The largest absolute Gasteiger partial charge is 0.282 e. The van der Waals surface area contributed by atoms with Gasteiger partial charge in [0.25, 0.3) is 11.8 Å². The van der Waals surface area contributed by atoms with Crippen molar-refractivity contribution in [3.05, 3.63) is 142 Å². The number of aryl methyl sites for hydroxylation is 2. The van der Waals surface area contributed by atoms with E-state index in [1.165, 1.54) is 4.90 Å². The van der Waals surface area contributed by atoms with Crippen LogP contribution in [-0.4, -0.2) is 44.7 Å². The molecule has 1 N–H and O–H groups in total. The molecule has 2 aromatic heterocycles. The lowest BCUT2D eigenvalue weighted by atomic mass is 9.91. The average molecular weight is 588 g/mol. The van der Waals surface area contributed by atoms with Gasteiger partial charge in [0.2, 0.25) is 0 Å². The second-order valence-corrected chi connectivity index (χ2v) is 11.4. The Morgan fingerprint density at radius 2 is 1.39 bits per heavy atom. The SMILES string of the molecule is Cc1cccnc1[C@H]1C=C(NOCc2ccccc2)C[C@@H](c2ncccc2C)N1CCCCN1C(=O)c2ccccc2C1=O. The second-order valence-electron chi connectivity index (χ2n) is 11.4. The van der Waals surface area contributed by atoms with Gasteiger partial charge in [-0.3, -0.25) is 39.7 Å². The van der Waals surface area contributed by atoms with Gasteiger partial charge in [0.05, 0.1) is 41.2 Å². The normalized spacial score (nSPS) is 18.3. The molecule has 0 fully saturated rings. The van der Waals surface area contributed by atoms with E-state index in [0.29, 0.717) is 37.1 Å². The summed E-state index contributed by atoms with van der Waals surface area (Å²) in [7, 11) is 0. The van der Waals surface area contributed by atoms with Crippen molar-refractivity contribution in [2.75, 3.05) is 13.1 Å². The van der Waals surface area contributed by atoms with Crippen LogP contribution in [0.3, 0.4) is 0 Å². The predicted octanol–water partition coefficient (Wildman–Crippen LogP) is 6.26. The van der Waals surface area contributed by atoms with Crippen molar-refractivity contribution in [2.24, 2.45) is 0 Å². The van der Waals surface area contributed by atoms with Crippen LogP contribution in [-0.2, 0) is 11.4 Å². The van der Waals surface area contributed by atoms with Crippen molar-refractivity contribution >= 4 is 11.8 Å². The Bertz CT molecular complexity index is 1640. The summed E-state index contributed by atoms with van der Waals surface area (Å²) in [6, 6.07) is 25.1. The van der Waals surface area contributed by atoms with E-state index in [1.807, 2.05) is 54.9 Å². The summed E-state index contributed by atoms with van der Waals surface area (Å²) < 4.78 is 0. The summed E-state index contributed by atoms with van der Waals surface area (Å²) in [5.41, 5.74) is 10.5. The average Bonchev–Trinajstić information content (AvgIpc) is 3.29. The molecule has 2 amide bonds. The monoisotopic (exact) mass is 587 g/mol. The quantitative estimate of drug-likeness (QED) is 0.126. The molecule has 0 bridgehead atoms. The Balaban J connectivity index is 1.23. The standard InChI is InChI=1S/C36H37N5O3/c1-25-12-10-18-37-33(25)31-22-28(39-44-24-27-14-4-3-5-15-27)23-32(34-26(2)13-11-19-38-34)40(31)20-8-9-21-41-35(42)29-16-6-7-17-30(29)36(41)43/h3-7,10-19,22,31-32,39H,8-9,20-21,23-24H2,1-2H3/t31-,32+/m1/s1. The van der Waals surface area contributed by atoms with Crippen LogP contribution in [0.1, 0.15) is 80.1 Å². The first-order valence-corrected chi connectivity index (χ1v) is 15.2. The van der Waals surface area contributed by atoms with E-state index < -0.39 is 0 Å². The van der Waals surface area contributed by atoms with E-state index in [9.17, 15) is 9.59 Å². The maximum atomic E-state index is 12.9. The van der Waals surface area contributed by atoms with Crippen molar-refractivity contribution in [3.8, 4) is 0 Å². The molecule has 0 radical (unpaired) electrons. The number of nitrogens with one attached hydrogen (secondary N) is 1. The molecular weight excluding hydrogens is 550 g/mol. The summed E-state index contributed by atoms with van der Waals surface area (Å²) in [5.74, 6) is -0.414. The van der Waals surface area contributed by atoms with Gasteiger partial charge in [-0.25, -0.2) is 0 Å². The maximum absolute atomic E-state index is 12.9. The lowest BCUT2D eigenvalue weighted by Gasteiger charge is -2.41. The van der Waals surface area contributed by atoms with Gasteiger partial charge in [-0.2, -0.15) is 0 Å². The second kappa shape index (κ2) is 13.3. The van der Waals surface area contributed by atoms with Gasteiger partial charge in [0.1, 0.15) is 0 Å². The Labute approximate surface area is 258 Å². The molecule has 8 nitrogen and oxygen atoms in total. The van der Waals surface area contributed by atoms with Crippen LogP contribution in [0.15, 0.2) is 103 Å². The Morgan fingerprint density at radius 1 is 0.773 bits per heavy atom. The highest BCUT2D eigenvalue weighted by atomic mass is 16.6. The van der Waals surface area contributed by atoms with Crippen LogP contribution in [0.5, 0.6) is 0 Å². The lowest BCUT2D eigenvalue weighted by Crippen LogP contribution is -2.40.